The molecule has 68 valence electrons. The maximum Gasteiger partial charge on any atom is 0.576 e. The van der Waals surface area contributed by atoms with Crippen molar-refractivity contribution in [2.24, 2.45) is 0 Å². The average Bonchev–Trinajstić information content (AvgIpc) is 2.63. The van der Waals surface area contributed by atoms with Crippen molar-refractivity contribution in [2.45, 2.75) is 26.7 Å². The summed E-state index contributed by atoms with van der Waals surface area (Å²) >= 11 is 0. The van der Waals surface area contributed by atoms with Crippen LogP contribution in [0.2, 0.25) is 0 Å². The molecule has 2 rings (SSSR count). The van der Waals surface area contributed by atoms with E-state index in [1.165, 1.54) is 11.1 Å². The highest BCUT2D eigenvalue weighted by atomic mass is 16.6. The summed E-state index contributed by atoms with van der Waals surface area (Å²) in [5, 5.41) is 0. The fourth-order valence-corrected chi connectivity index (χ4v) is 1.79. The molecule has 0 saturated heterocycles. The molecular weight excluding hydrogens is 163 g/mol. The van der Waals surface area contributed by atoms with Crippen molar-refractivity contribution in [1.82, 2.24) is 0 Å². The maximum atomic E-state index is 5.44. The predicted molar refractivity (Wildman–Crippen MR) is 53.6 cm³/mol. The van der Waals surface area contributed by atoms with Gasteiger partial charge in [0.25, 0.3) is 0 Å². The summed E-state index contributed by atoms with van der Waals surface area (Å²) in [4.78, 5) is 0. The van der Waals surface area contributed by atoms with Gasteiger partial charge in [-0.25, -0.2) is 0 Å². The molecule has 0 saturated carbocycles. The molecule has 0 atom stereocenters. The Labute approximate surface area is 79.2 Å². The summed E-state index contributed by atoms with van der Waals surface area (Å²) in [6.07, 6.45) is 2.06. The van der Waals surface area contributed by atoms with Gasteiger partial charge in [0.05, 0.1) is 0 Å². The second kappa shape index (κ2) is 3.33. The minimum Gasteiger partial charge on any atom is -0.526 e. The van der Waals surface area contributed by atoms with Crippen LogP contribution in [0.4, 0.5) is 0 Å². The summed E-state index contributed by atoms with van der Waals surface area (Å²) in [5.74, 6) is 1.86. The lowest BCUT2D eigenvalue weighted by Gasteiger charge is -2.09. The van der Waals surface area contributed by atoms with Crippen LogP contribution in [-0.2, 0) is 12.8 Å². The van der Waals surface area contributed by atoms with E-state index in [9.17, 15) is 0 Å². The van der Waals surface area contributed by atoms with Gasteiger partial charge in [0, 0.05) is 0 Å². The number of fused-ring (bicyclic) bond motifs is 1. The van der Waals surface area contributed by atoms with Gasteiger partial charge in [-0.2, -0.15) is 0 Å². The fraction of sp³-hybridized carbons (Fsp3) is 0.400. The Bertz CT molecular complexity index is 323. The molecule has 1 aliphatic rings. The third-order valence-corrected chi connectivity index (χ3v) is 2.47. The number of hydrogen-bond donors (Lipinski definition) is 0. The van der Waals surface area contributed by atoms with Crippen molar-refractivity contribution in [3.05, 3.63) is 23.3 Å². The molecule has 0 amide bonds. The summed E-state index contributed by atoms with van der Waals surface area (Å²) < 4.78 is 10.8. The molecular formula is C10H13BO2. The first-order chi connectivity index (χ1) is 6.36. The number of rotatable bonds is 2. The van der Waals surface area contributed by atoms with Gasteiger partial charge in [0.2, 0.25) is 0 Å². The Morgan fingerprint density at radius 2 is 2.00 bits per heavy atom. The molecule has 2 nitrogen and oxygen atoms in total. The molecule has 0 bridgehead atoms. The minimum atomic E-state index is 0.371. The van der Waals surface area contributed by atoms with E-state index in [-0.39, 0.29) is 0 Å². The van der Waals surface area contributed by atoms with E-state index in [0.29, 0.717) is 7.69 Å². The lowest BCUT2D eigenvalue weighted by Crippen LogP contribution is -2.01. The van der Waals surface area contributed by atoms with Crippen molar-refractivity contribution in [1.29, 1.82) is 0 Å². The van der Waals surface area contributed by atoms with Gasteiger partial charge in [-0.1, -0.05) is 19.9 Å². The van der Waals surface area contributed by atoms with E-state index in [2.05, 4.69) is 19.9 Å². The Hall–Kier alpha value is -1.12. The summed E-state index contributed by atoms with van der Waals surface area (Å²) in [6, 6.07) is 4.13. The molecule has 13 heavy (non-hydrogen) atoms. The highest BCUT2D eigenvalue weighted by molar-refractivity contribution is 6.23. The highest BCUT2D eigenvalue weighted by Gasteiger charge is 2.19. The van der Waals surface area contributed by atoms with Crippen LogP contribution in [0.15, 0.2) is 12.1 Å². The first-order valence-electron chi connectivity index (χ1n) is 4.77. The Morgan fingerprint density at radius 1 is 1.15 bits per heavy atom. The second-order valence-electron chi connectivity index (χ2n) is 3.14. The number of hydrogen-bond acceptors (Lipinski definition) is 2. The zero-order valence-electron chi connectivity index (χ0n) is 8.09. The van der Waals surface area contributed by atoms with Crippen LogP contribution in [-0.4, -0.2) is 7.69 Å². The fourth-order valence-electron chi connectivity index (χ4n) is 1.79. The quantitative estimate of drug-likeness (QED) is 0.640. The summed E-state index contributed by atoms with van der Waals surface area (Å²) in [7, 11) is 0.371. The number of aryl methyl sites for hydroxylation is 1. The molecule has 0 spiro atoms. The summed E-state index contributed by atoms with van der Waals surface area (Å²) in [6.45, 7) is 4.31. The monoisotopic (exact) mass is 176 g/mol. The van der Waals surface area contributed by atoms with Gasteiger partial charge < -0.3 is 9.31 Å². The van der Waals surface area contributed by atoms with Gasteiger partial charge in [0.15, 0.2) is 0 Å². The van der Waals surface area contributed by atoms with Gasteiger partial charge in [-0.15, -0.1) is 0 Å². The first kappa shape index (κ1) is 8.48. The molecule has 1 aromatic rings. The Morgan fingerprint density at radius 3 is 2.69 bits per heavy atom. The van der Waals surface area contributed by atoms with Crippen LogP contribution in [0.25, 0.3) is 0 Å². The van der Waals surface area contributed by atoms with Crippen LogP contribution < -0.4 is 9.31 Å². The summed E-state index contributed by atoms with van der Waals surface area (Å²) in [5.41, 5.74) is 2.67. The predicted octanol–water partition coefficient (Wildman–Crippen LogP) is 1.85. The van der Waals surface area contributed by atoms with E-state index < -0.39 is 0 Å². The Balaban J connectivity index is 2.53. The minimum absolute atomic E-state index is 0.371. The molecule has 0 radical (unpaired) electrons. The first-order valence-corrected chi connectivity index (χ1v) is 4.77. The van der Waals surface area contributed by atoms with Crippen LogP contribution in [0.1, 0.15) is 25.0 Å². The highest BCUT2D eigenvalue weighted by Crippen LogP contribution is 2.37. The molecule has 1 aliphatic heterocycles. The van der Waals surface area contributed by atoms with Crippen LogP contribution >= 0.6 is 0 Å². The topological polar surface area (TPSA) is 18.5 Å². The lowest BCUT2D eigenvalue weighted by atomic mass is 10.0. The lowest BCUT2D eigenvalue weighted by molar-refractivity contribution is 0.539. The largest absolute Gasteiger partial charge is 0.576 e. The number of benzene rings is 1. The van der Waals surface area contributed by atoms with E-state index in [1.807, 2.05) is 6.07 Å². The Kier molecular flexibility index (Phi) is 2.17. The van der Waals surface area contributed by atoms with E-state index in [0.717, 1.165) is 24.3 Å². The third kappa shape index (κ3) is 1.28. The van der Waals surface area contributed by atoms with Crippen molar-refractivity contribution >= 4 is 7.69 Å². The van der Waals surface area contributed by atoms with Gasteiger partial charge in [-0.05, 0) is 30.0 Å². The molecule has 1 aromatic carbocycles. The molecule has 0 aliphatic carbocycles. The zero-order valence-corrected chi connectivity index (χ0v) is 8.09. The average molecular weight is 176 g/mol. The molecule has 0 unspecified atom stereocenters. The van der Waals surface area contributed by atoms with Gasteiger partial charge in [0.1, 0.15) is 11.5 Å². The molecule has 1 heterocycles. The van der Waals surface area contributed by atoms with Crippen molar-refractivity contribution in [2.75, 3.05) is 0 Å². The molecule has 0 fully saturated rings. The normalized spacial score (nSPS) is 12.8. The third-order valence-electron chi connectivity index (χ3n) is 2.47. The van der Waals surface area contributed by atoms with Gasteiger partial charge >= 0.3 is 7.69 Å². The van der Waals surface area contributed by atoms with E-state index in [1.54, 1.807) is 0 Å². The molecule has 3 heteroatoms. The van der Waals surface area contributed by atoms with Gasteiger partial charge in [-0.3, -0.25) is 0 Å². The molecule has 0 aromatic heterocycles. The molecule has 0 N–H and O–H groups in total. The second-order valence-corrected chi connectivity index (χ2v) is 3.14. The zero-order chi connectivity index (χ0) is 9.26. The van der Waals surface area contributed by atoms with Crippen LogP contribution in [0.5, 0.6) is 11.5 Å². The maximum absolute atomic E-state index is 5.44. The SMILES string of the molecule is CCc1ccc2c(c1CC)OBO2. The van der Waals surface area contributed by atoms with Crippen molar-refractivity contribution in [3.63, 3.8) is 0 Å². The van der Waals surface area contributed by atoms with Crippen molar-refractivity contribution in [3.8, 4) is 11.5 Å². The standard InChI is InChI=1S/C10H13BO2/c1-3-7-5-6-9-10(8(7)4-2)13-11-12-9/h5-6,11H,3-4H2,1-2H3. The smallest absolute Gasteiger partial charge is 0.526 e. The van der Waals surface area contributed by atoms with E-state index in [4.69, 9.17) is 9.31 Å². The van der Waals surface area contributed by atoms with Crippen LogP contribution in [0.3, 0.4) is 0 Å². The van der Waals surface area contributed by atoms with E-state index >= 15 is 0 Å². The van der Waals surface area contributed by atoms with Crippen LogP contribution in [0, 0.1) is 0 Å². The van der Waals surface area contributed by atoms with Crippen molar-refractivity contribution < 1.29 is 9.31 Å².